The molecule has 2 aliphatic rings. The number of alkyl carbamates (subject to hydrolysis) is 1. The molecular weight excluding hydrogens is 430 g/mol. The highest BCUT2D eigenvalue weighted by Gasteiger charge is 2.45. The van der Waals surface area contributed by atoms with Crippen molar-refractivity contribution < 1.29 is 33.8 Å². The Kier molecular flexibility index (Phi) is 7.45. The number of carboxylic acid groups (broad SMARTS) is 1. The number of amides is 3. The molecule has 10 heteroatoms. The molecule has 2 fully saturated rings. The summed E-state index contributed by atoms with van der Waals surface area (Å²) in [6, 6.07) is 6.75. The van der Waals surface area contributed by atoms with Crippen molar-refractivity contribution in [1.29, 1.82) is 0 Å². The van der Waals surface area contributed by atoms with Gasteiger partial charge < -0.3 is 29.7 Å². The molecule has 0 aromatic heterocycles. The molecule has 0 aliphatic carbocycles. The summed E-state index contributed by atoms with van der Waals surface area (Å²) in [5.74, 6) is -1.63. The average molecular weight is 462 g/mol. The lowest BCUT2D eigenvalue weighted by Gasteiger charge is -2.37. The molecule has 3 rings (SSSR count). The van der Waals surface area contributed by atoms with Crippen LogP contribution in [0, 0.1) is 0 Å². The van der Waals surface area contributed by atoms with Crippen LogP contribution < -0.4 is 5.32 Å². The molecule has 0 bridgehead atoms. The lowest BCUT2D eigenvalue weighted by molar-refractivity contribution is -0.151. The Morgan fingerprint density at radius 3 is 2.45 bits per heavy atom. The van der Waals surface area contributed by atoms with E-state index in [4.69, 9.17) is 9.47 Å². The highest BCUT2D eigenvalue weighted by molar-refractivity contribution is 5.90. The number of carbonyl (C=O) groups excluding carboxylic acids is 3. The number of ether oxygens (including phenoxy) is 2. The first-order valence-corrected chi connectivity index (χ1v) is 11.1. The van der Waals surface area contributed by atoms with E-state index in [2.05, 4.69) is 5.32 Å². The van der Waals surface area contributed by atoms with Crippen molar-refractivity contribution in [2.75, 3.05) is 13.1 Å². The van der Waals surface area contributed by atoms with E-state index in [-0.39, 0.29) is 25.7 Å². The molecule has 2 N–H and O–H groups in total. The fourth-order valence-electron chi connectivity index (χ4n) is 4.15. The van der Waals surface area contributed by atoms with Crippen LogP contribution >= 0.6 is 0 Å². The van der Waals surface area contributed by atoms with E-state index in [0.717, 1.165) is 5.56 Å². The molecule has 3 atom stereocenters. The van der Waals surface area contributed by atoms with Gasteiger partial charge in [-0.2, -0.15) is 0 Å². The number of carboxylic acids is 1. The first-order chi connectivity index (χ1) is 15.5. The smallest absolute Gasteiger partial charge is 0.410 e. The van der Waals surface area contributed by atoms with Gasteiger partial charge in [-0.1, -0.05) is 30.3 Å². The van der Waals surface area contributed by atoms with Crippen LogP contribution in [0.1, 0.15) is 45.6 Å². The predicted octanol–water partition coefficient (Wildman–Crippen LogP) is 2.37. The molecule has 2 aliphatic heterocycles. The Morgan fingerprint density at radius 2 is 1.82 bits per heavy atom. The number of nitrogens with zero attached hydrogens (tertiary/aromatic N) is 2. The molecule has 0 spiro atoms. The summed E-state index contributed by atoms with van der Waals surface area (Å²) < 4.78 is 10.7. The maximum Gasteiger partial charge on any atom is 0.410 e. The summed E-state index contributed by atoms with van der Waals surface area (Å²) in [6.07, 6.45) is -0.168. The molecule has 0 saturated carbocycles. The zero-order valence-corrected chi connectivity index (χ0v) is 19.2. The van der Waals surface area contributed by atoms with Gasteiger partial charge in [0.25, 0.3) is 0 Å². The number of carbonyl (C=O) groups is 4. The Bertz CT molecular complexity index is 884. The standard InChI is InChI=1S/C23H31N3O7/c1-23(2,3)33-21(30)24-17-13-25(22(31)32-14-15-7-5-4-6-8-15)12-11-16-9-10-18(20(28)29)26(16)19(17)27/h4-8,16-18H,9-14H2,1-3H3,(H,24,30)(H,28,29)/t16-,17?,18+/m1/s1. The van der Waals surface area contributed by atoms with Gasteiger partial charge in [-0.3, -0.25) is 4.79 Å². The fourth-order valence-corrected chi connectivity index (χ4v) is 4.15. The molecule has 3 amide bonds. The van der Waals surface area contributed by atoms with E-state index < -0.39 is 41.7 Å². The Balaban J connectivity index is 1.77. The molecule has 10 nitrogen and oxygen atoms in total. The molecular formula is C23H31N3O7. The van der Waals surface area contributed by atoms with Crippen molar-refractivity contribution >= 4 is 24.1 Å². The summed E-state index contributed by atoms with van der Waals surface area (Å²) in [5, 5.41) is 12.1. The van der Waals surface area contributed by atoms with E-state index in [9.17, 15) is 24.3 Å². The van der Waals surface area contributed by atoms with Gasteiger partial charge in [-0.15, -0.1) is 0 Å². The van der Waals surface area contributed by atoms with Gasteiger partial charge >= 0.3 is 18.2 Å². The van der Waals surface area contributed by atoms with Crippen molar-refractivity contribution in [1.82, 2.24) is 15.1 Å². The lowest BCUT2D eigenvalue weighted by Crippen LogP contribution is -2.60. The molecule has 2 saturated heterocycles. The summed E-state index contributed by atoms with van der Waals surface area (Å²) >= 11 is 0. The molecule has 1 aromatic carbocycles. The Labute approximate surface area is 192 Å². The van der Waals surface area contributed by atoms with Crippen LogP contribution in [0.2, 0.25) is 0 Å². The van der Waals surface area contributed by atoms with Crippen LogP contribution in [0.15, 0.2) is 30.3 Å². The van der Waals surface area contributed by atoms with Crippen LogP contribution in [-0.4, -0.2) is 75.8 Å². The number of rotatable bonds is 4. The normalized spacial score (nSPS) is 23.2. The van der Waals surface area contributed by atoms with Gasteiger partial charge in [-0.05, 0) is 45.6 Å². The van der Waals surface area contributed by atoms with Crippen molar-refractivity contribution in [2.24, 2.45) is 0 Å². The van der Waals surface area contributed by atoms with Gasteiger partial charge in [0.05, 0.1) is 6.54 Å². The minimum Gasteiger partial charge on any atom is -0.480 e. The summed E-state index contributed by atoms with van der Waals surface area (Å²) in [7, 11) is 0. The number of nitrogens with one attached hydrogen (secondary N) is 1. The quantitative estimate of drug-likeness (QED) is 0.705. The van der Waals surface area contributed by atoms with Gasteiger partial charge in [0.15, 0.2) is 0 Å². The van der Waals surface area contributed by atoms with Crippen LogP contribution in [0.4, 0.5) is 9.59 Å². The number of hydrogen-bond donors (Lipinski definition) is 2. The van der Waals surface area contributed by atoms with E-state index in [1.807, 2.05) is 30.3 Å². The van der Waals surface area contributed by atoms with Crippen LogP contribution in [-0.2, 0) is 25.7 Å². The fraction of sp³-hybridized carbons (Fsp3) is 0.565. The van der Waals surface area contributed by atoms with Crippen LogP contribution in [0.25, 0.3) is 0 Å². The Hall–Kier alpha value is -3.30. The molecule has 0 radical (unpaired) electrons. The largest absolute Gasteiger partial charge is 0.480 e. The van der Waals surface area contributed by atoms with Crippen LogP contribution in [0.3, 0.4) is 0 Å². The van der Waals surface area contributed by atoms with Crippen LogP contribution in [0.5, 0.6) is 0 Å². The average Bonchev–Trinajstić information content (AvgIpc) is 3.16. The second-order valence-electron chi connectivity index (χ2n) is 9.30. The second kappa shape index (κ2) is 10.1. The second-order valence-corrected chi connectivity index (χ2v) is 9.30. The van der Waals surface area contributed by atoms with Crippen molar-refractivity contribution in [3.05, 3.63) is 35.9 Å². The van der Waals surface area contributed by atoms with Gasteiger partial charge in [0.1, 0.15) is 24.3 Å². The Morgan fingerprint density at radius 1 is 1.12 bits per heavy atom. The topological polar surface area (TPSA) is 125 Å². The SMILES string of the molecule is CC(C)(C)OC(=O)NC1CN(C(=O)OCc2ccccc2)CC[C@H]2CC[C@@H](C(=O)O)N2C1=O. The summed E-state index contributed by atoms with van der Waals surface area (Å²) in [5.41, 5.74) is 0.0340. The molecule has 2 heterocycles. The van der Waals surface area contributed by atoms with E-state index in [0.29, 0.717) is 19.3 Å². The zero-order valence-electron chi connectivity index (χ0n) is 19.2. The highest BCUT2D eigenvalue weighted by Crippen LogP contribution is 2.29. The van der Waals surface area contributed by atoms with Gasteiger partial charge in [-0.25, -0.2) is 14.4 Å². The minimum atomic E-state index is -1.16. The zero-order chi connectivity index (χ0) is 24.2. The monoisotopic (exact) mass is 461 g/mol. The van der Waals surface area contributed by atoms with Crippen molar-refractivity contribution in [2.45, 2.75) is 70.4 Å². The number of aliphatic carboxylic acids is 1. The first-order valence-electron chi connectivity index (χ1n) is 11.1. The first kappa shape index (κ1) is 24.3. The highest BCUT2D eigenvalue weighted by atomic mass is 16.6. The van der Waals surface area contributed by atoms with E-state index >= 15 is 0 Å². The minimum absolute atomic E-state index is 0.0743. The van der Waals surface area contributed by atoms with E-state index in [1.165, 1.54) is 9.80 Å². The maximum atomic E-state index is 13.4. The molecule has 1 unspecified atom stereocenters. The van der Waals surface area contributed by atoms with E-state index in [1.54, 1.807) is 20.8 Å². The summed E-state index contributed by atoms with van der Waals surface area (Å²) in [6.45, 7) is 5.26. The summed E-state index contributed by atoms with van der Waals surface area (Å²) in [4.78, 5) is 53.0. The third-order valence-corrected chi connectivity index (χ3v) is 5.63. The third-order valence-electron chi connectivity index (χ3n) is 5.63. The van der Waals surface area contributed by atoms with Crippen molar-refractivity contribution in [3.63, 3.8) is 0 Å². The lowest BCUT2D eigenvalue weighted by atomic mass is 10.1. The molecule has 1 aromatic rings. The van der Waals surface area contributed by atoms with Crippen molar-refractivity contribution in [3.8, 4) is 0 Å². The molecule has 33 heavy (non-hydrogen) atoms. The third kappa shape index (κ3) is 6.36. The number of fused-ring (bicyclic) bond motifs is 1. The number of hydrogen-bond acceptors (Lipinski definition) is 6. The van der Waals surface area contributed by atoms with Gasteiger partial charge in [0, 0.05) is 12.6 Å². The maximum absolute atomic E-state index is 13.4. The van der Waals surface area contributed by atoms with Gasteiger partial charge in [0.2, 0.25) is 5.91 Å². The predicted molar refractivity (Wildman–Crippen MR) is 117 cm³/mol. The number of benzene rings is 1. The molecule has 180 valence electrons.